The number of benzene rings is 1. The zero-order valence-electron chi connectivity index (χ0n) is 23.5. The molecule has 0 aliphatic heterocycles. The van der Waals surface area contributed by atoms with Gasteiger partial charge in [0.05, 0.1) is 17.7 Å². The lowest BCUT2D eigenvalue weighted by Gasteiger charge is -2.50. The van der Waals surface area contributed by atoms with Gasteiger partial charge in [-0.25, -0.2) is 0 Å². The van der Waals surface area contributed by atoms with E-state index in [-0.39, 0.29) is 42.1 Å². The number of hydrogen-bond donors (Lipinski definition) is 7. The number of nitrogens with zero attached hydrogens (tertiary/aromatic N) is 4. The first kappa shape index (κ1) is 35.4. The van der Waals surface area contributed by atoms with Gasteiger partial charge in [-0.1, -0.05) is 0 Å². The molecule has 1 fully saturated rings. The zero-order chi connectivity index (χ0) is 32.1. The van der Waals surface area contributed by atoms with Crippen molar-refractivity contribution in [1.82, 2.24) is 4.90 Å². The van der Waals surface area contributed by atoms with Gasteiger partial charge in [-0.3, -0.25) is 28.4 Å². The number of rotatable bonds is 5. The molecule has 0 spiro atoms. The Morgan fingerprint density at radius 2 is 1.70 bits per heavy atom. The Labute approximate surface area is 252 Å². The highest BCUT2D eigenvalue weighted by Gasteiger charge is 2.64. The fourth-order valence-corrected chi connectivity index (χ4v) is 6.20. The van der Waals surface area contributed by atoms with Crippen LogP contribution in [-0.4, -0.2) is 99.2 Å². The van der Waals surface area contributed by atoms with E-state index in [9.17, 15) is 40.2 Å². The molecule has 1 aromatic rings. The number of likely N-dealkylation sites (N-methyl/N-ethyl adjacent to an activating group) is 1. The van der Waals surface area contributed by atoms with Gasteiger partial charge < -0.3 is 31.1 Å². The van der Waals surface area contributed by atoms with Gasteiger partial charge >= 0.3 is 16.1 Å². The smallest absolute Gasteiger partial charge is 0.428 e. The number of ketones is 2. The van der Waals surface area contributed by atoms with Crippen molar-refractivity contribution in [1.29, 1.82) is 5.39 Å². The number of nitrogens with two attached hydrogens (primary N) is 1. The maximum atomic E-state index is 13.9. The maximum Gasteiger partial charge on any atom is 0.428 e. The van der Waals surface area contributed by atoms with Crippen LogP contribution in [0, 0.1) is 17.2 Å². The van der Waals surface area contributed by atoms with Crippen molar-refractivity contribution in [3.8, 4) is 5.75 Å². The van der Waals surface area contributed by atoms with Gasteiger partial charge in [-0.15, -0.1) is 12.4 Å². The quantitative estimate of drug-likeness (QED) is 0.134. The number of carbonyl (C=O) groups excluding carboxylic acids is 3. The normalized spacial score (nSPS) is 24.6. The van der Waals surface area contributed by atoms with Crippen LogP contribution in [0.2, 0.25) is 0 Å². The summed E-state index contributed by atoms with van der Waals surface area (Å²) in [5.74, 6) is -7.36. The number of hydrogen-bond acceptors (Lipinski definition) is 12. The molecule has 18 heteroatoms. The van der Waals surface area contributed by atoms with Crippen LogP contribution >= 0.6 is 12.4 Å². The topological polar surface area (TPSA) is 267 Å². The van der Waals surface area contributed by atoms with E-state index >= 15 is 0 Å². The summed E-state index contributed by atoms with van der Waals surface area (Å²) in [4.78, 5) is 45.6. The van der Waals surface area contributed by atoms with Crippen LogP contribution in [-0.2, 0) is 31.2 Å². The Bertz CT molecular complexity index is 1570. The fourth-order valence-electron chi connectivity index (χ4n) is 6.20. The van der Waals surface area contributed by atoms with Crippen molar-refractivity contribution in [2.45, 2.75) is 38.3 Å². The number of aromatic hydroxyl groups is 1. The van der Waals surface area contributed by atoms with E-state index < -0.39 is 74.2 Å². The molecule has 1 aromatic carbocycles. The Kier molecular flexibility index (Phi) is 10.2. The second-order valence-corrected chi connectivity index (χ2v) is 11.2. The summed E-state index contributed by atoms with van der Waals surface area (Å²) in [5, 5.41) is 54.2. The highest BCUT2D eigenvalue weighted by Crippen LogP contribution is 2.55. The molecule has 8 N–H and O–H groups in total. The van der Waals surface area contributed by atoms with Crippen LogP contribution < -0.4 is 10.6 Å². The van der Waals surface area contributed by atoms with Crippen LogP contribution in [0.15, 0.2) is 23.0 Å². The molecule has 16 nitrogen and oxygen atoms in total. The summed E-state index contributed by atoms with van der Waals surface area (Å²) < 4.78 is 31.6. The van der Waals surface area contributed by atoms with Crippen molar-refractivity contribution >= 4 is 57.4 Å². The van der Waals surface area contributed by atoms with E-state index in [1.165, 1.54) is 11.0 Å². The van der Waals surface area contributed by atoms with E-state index in [0.29, 0.717) is 24.3 Å². The van der Waals surface area contributed by atoms with Crippen molar-refractivity contribution in [3.63, 3.8) is 0 Å². The van der Waals surface area contributed by atoms with Gasteiger partial charge in [0.25, 0.3) is 5.91 Å². The molecule has 0 heterocycles. The summed E-state index contributed by atoms with van der Waals surface area (Å²) in [6.45, 7) is 4.95. The summed E-state index contributed by atoms with van der Waals surface area (Å²) in [6.07, 6.45) is 0.149. The largest absolute Gasteiger partial charge is 0.508 e. The fraction of sp³-hybridized carbons (Fsp3) is 0.480. The number of fused-ring (bicyclic) bond motifs is 3. The molecule has 0 aromatic heterocycles. The third-order valence-corrected chi connectivity index (χ3v) is 7.89. The van der Waals surface area contributed by atoms with E-state index in [2.05, 4.69) is 4.98 Å². The minimum Gasteiger partial charge on any atom is -0.508 e. The molecule has 3 aliphatic rings. The Morgan fingerprint density at radius 3 is 2.14 bits per heavy atom. The zero-order valence-corrected chi connectivity index (χ0v) is 25.2. The first-order chi connectivity index (χ1) is 19.4. The van der Waals surface area contributed by atoms with E-state index in [4.69, 9.17) is 23.3 Å². The molecule has 3 aliphatic carbocycles. The molecular formula is C25H33ClN5O11S+. The van der Waals surface area contributed by atoms with Crippen molar-refractivity contribution in [2.24, 2.45) is 17.6 Å². The Morgan fingerprint density at radius 1 is 1.16 bits per heavy atom. The molecule has 236 valence electrons. The maximum absolute atomic E-state index is 13.9. The molecule has 4 unspecified atom stereocenters. The lowest BCUT2D eigenvalue weighted by atomic mass is 9.57. The third kappa shape index (κ3) is 5.89. The lowest BCUT2D eigenvalue weighted by Crippen LogP contribution is -2.65. The predicted molar refractivity (Wildman–Crippen MR) is 154 cm³/mol. The molecular weight excluding hydrogens is 614 g/mol. The van der Waals surface area contributed by atoms with Crippen LogP contribution in [0.3, 0.4) is 0 Å². The van der Waals surface area contributed by atoms with Crippen LogP contribution in [0.1, 0.15) is 31.4 Å². The summed E-state index contributed by atoms with van der Waals surface area (Å²) in [5.41, 5.74) is 2.26. The second kappa shape index (κ2) is 12.4. The summed E-state index contributed by atoms with van der Waals surface area (Å²) >= 11 is 0. The highest BCUT2D eigenvalue weighted by molar-refractivity contribution is 7.79. The van der Waals surface area contributed by atoms with Crippen LogP contribution in [0.4, 0.5) is 11.4 Å². The Hall–Kier alpha value is -3.79. The molecule has 0 radical (unpaired) electrons. The van der Waals surface area contributed by atoms with Gasteiger partial charge in [0.1, 0.15) is 17.1 Å². The third-order valence-electron chi connectivity index (χ3n) is 7.89. The van der Waals surface area contributed by atoms with Crippen LogP contribution in [0.5, 0.6) is 5.75 Å². The number of aliphatic hydroxyl groups excluding tert-OH is 2. The number of aliphatic hydroxyl groups is 3. The number of amides is 1. The number of phenols is 1. The SMILES string of the molecule is CCN(CC)c1cc([N+]#N)c(O)c2c1CC1CC3C(N(C)C)C(=O)C(C(N)=O)=C(O)C3(O)C(=O)C1=C2O.Cl.O=S(=O)(O)O. The van der Waals surface area contributed by atoms with Crippen LogP contribution in [0.25, 0.3) is 10.7 Å². The minimum absolute atomic E-state index is 0. The van der Waals surface area contributed by atoms with E-state index in [1.54, 1.807) is 14.1 Å². The molecule has 43 heavy (non-hydrogen) atoms. The first-order valence-electron chi connectivity index (χ1n) is 12.7. The number of halogens is 1. The molecule has 0 bridgehead atoms. The standard InChI is InChI=1S/C25H29N5O7.ClH.H2O4S/c1-5-30(6-2)14-9-13(28-27)19(31)16-11(14)7-10-8-12-18(29(3)4)21(33)17(24(26)36)23(35)25(12,37)22(34)15(10)20(16)32;;1-5(2,3)4/h9-10,12,18,37H,5-8H2,1-4H3,(H4-,26,31,32,33,34,35,36);1H;(H2,1,2,3,4)/p+1. The first-order valence-corrected chi connectivity index (χ1v) is 14.1. The number of carbonyl (C=O) groups is 3. The number of anilines is 1. The van der Waals surface area contributed by atoms with Crippen molar-refractivity contribution in [2.75, 3.05) is 32.1 Å². The van der Waals surface area contributed by atoms with E-state index in [0.717, 1.165) is 0 Å². The van der Waals surface area contributed by atoms with E-state index in [1.807, 2.05) is 18.7 Å². The van der Waals surface area contributed by atoms with Gasteiger partial charge in [-0.05, 0) is 52.3 Å². The minimum atomic E-state index is -4.67. The number of primary amides is 1. The van der Waals surface area contributed by atoms with Gasteiger partial charge in [0, 0.05) is 30.3 Å². The second-order valence-electron chi connectivity index (χ2n) is 10.3. The van der Waals surface area contributed by atoms with Crippen molar-refractivity contribution < 1.29 is 52.3 Å². The van der Waals surface area contributed by atoms with Crippen molar-refractivity contribution in [3.05, 3.63) is 39.1 Å². The molecule has 1 amide bonds. The summed E-state index contributed by atoms with van der Waals surface area (Å²) in [7, 11) is -1.58. The van der Waals surface area contributed by atoms with Gasteiger partial charge in [0.15, 0.2) is 16.4 Å². The predicted octanol–water partition coefficient (Wildman–Crippen LogP) is 1.06. The lowest BCUT2D eigenvalue weighted by molar-refractivity contribution is -0.153. The monoisotopic (exact) mass is 646 g/mol. The van der Waals surface area contributed by atoms with Gasteiger partial charge in [0.2, 0.25) is 16.9 Å². The molecule has 1 saturated carbocycles. The number of phenolic OH excluding ortho intramolecular Hbond substituents is 1. The highest BCUT2D eigenvalue weighted by atomic mass is 35.5. The summed E-state index contributed by atoms with van der Waals surface area (Å²) in [6, 6.07) is 0.338. The van der Waals surface area contributed by atoms with Gasteiger partial charge in [-0.2, -0.15) is 8.42 Å². The number of diazo groups is 1. The molecule has 4 atom stereocenters. The molecule has 4 rings (SSSR count). The average molecular weight is 647 g/mol. The average Bonchev–Trinajstić information content (AvgIpc) is 2.86. The molecule has 0 saturated heterocycles. The number of Topliss-reactive ketones (excluding diaryl/α,β-unsaturated/α-hetero) is 2. The Balaban J connectivity index is 0.000000993.